The van der Waals surface area contributed by atoms with Crippen LogP contribution in [0.15, 0.2) is 34.9 Å². The number of carboxylic acids is 1. The van der Waals surface area contributed by atoms with Gasteiger partial charge in [0.25, 0.3) is 0 Å². The Hall–Kier alpha value is -1.81. The number of rotatable bonds is 5. The summed E-state index contributed by atoms with van der Waals surface area (Å²) in [7, 11) is 0. The predicted molar refractivity (Wildman–Crippen MR) is 64.8 cm³/mol. The fourth-order valence-electron chi connectivity index (χ4n) is 1.89. The number of carbonyl (C=O) groups is 1. The highest BCUT2D eigenvalue weighted by atomic mass is 16.4. The smallest absolute Gasteiger partial charge is 0.304 e. The zero-order valence-electron chi connectivity index (χ0n) is 9.43. The van der Waals surface area contributed by atoms with Crippen LogP contribution in [0.4, 0.5) is 0 Å². The summed E-state index contributed by atoms with van der Waals surface area (Å²) in [5.41, 5.74) is 5.71. The van der Waals surface area contributed by atoms with Crippen LogP contribution < -0.4 is 5.73 Å². The summed E-state index contributed by atoms with van der Waals surface area (Å²) in [4.78, 5) is 10.5. The quantitative estimate of drug-likeness (QED) is 0.829. The maximum Gasteiger partial charge on any atom is 0.304 e. The van der Waals surface area contributed by atoms with Gasteiger partial charge in [-0.25, -0.2) is 0 Å². The average Bonchev–Trinajstić information content (AvgIpc) is 2.69. The molecule has 4 nitrogen and oxygen atoms in total. The van der Waals surface area contributed by atoms with Crippen molar-refractivity contribution in [1.29, 1.82) is 0 Å². The van der Waals surface area contributed by atoms with E-state index in [9.17, 15) is 4.79 Å². The standard InChI is InChI=1S/C13H15NO3/c14-10(7-13(15)16)5-6-12-11-4-2-1-3-9(11)8-17-12/h1-4,8,10H,5-7,14H2,(H,15,16). The SMILES string of the molecule is NC(CCc1occ2ccccc12)CC(=O)O. The van der Waals surface area contributed by atoms with Crippen molar-refractivity contribution in [3.05, 3.63) is 36.3 Å². The van der Waals surface area contributed by atoms with Crippen molar-refractivity contribution in [2.45, 2.75) is 25.3 Å². The molecule has 0 aliphatic heterocycles. The lowest BCUT2D eigenvalue weighted by Gasteiger charge is -2.06. The highest BCUT2D eigenvalue weighted by Crippen LogP contribution is 2.22. The summed E-state index contributed by atoms with van der Waals surface area (Å²) >= 11 is 0. The number of carboxylic acid groups (broad SMARTS) is 1. The Bertz CT molecular complexity index is 518. The maximum atomic E-state index is 10.5. The van der Waals surface area contributed by atoms with Crippen LogP contribution in [0.1, 0.15) is 18.6 Å². The Morgan fingerprint density at radius 2 is 2.18 bits per heavy atom. The number of furan rings is 1. The summed E-state index contributed by atoms with van der Waals surface area (Å²) in [6, 6.07) is 7.57. The van der Waals surface area contributed by atoms with E-state index in [1.165, 1.54) is 0 Å². The molecule has 0 spiro atoms. The van der Waals surface area contributed by atoms with Gasteiger partial charge >= 0.3 is 5.97 Å². The van der Waals surface area contributed by atoms with Crippen LogP contribution in [0.5, 0.6) is 0 Å². The molecule has 17 heavy (non-hydrogen) atoms. The van der Waals surface area contributed by atoms with Gasteiger partial charge in [0.2, 0.25) is 0 Å². The van der Waals surface area contributed by atoms with E-state index in [1.807, 2.05) is 24.3 Å². The Morgan fingerprint density at radius 3 is 2.94 bits per heavy atom. The molecule has 0 aliphatic carbocycles. The second kappa shape index (κ2) is 5.01. The molecule has 0 amide bonds. The molecule has 1 atom stereocenters. The van der Waals surface area contributed by atoms with Gasteiger partial charge in [0.15, 0.2) is 0 Å². The first-order chi connectivity index (χ1) is 8.16. The molecule has 0 saturated heterocycles. The highest BCUT2D eigenvalue weighted by Gasteiger charge is 2.11. The van der Waals surface area contributed by atoms with E-state index in [2.05, 4.69) is 0 Å². The zero-order chi connectivity index (χ0) is 12.3. The van der Waals surface area contributed by atoms with Gasteiger partial charge in [-0.15, -0.1) is 0 Å². The van der Waals surface area contributed by atoms with Crippen molar-refractivity contribution in [3.63, 3.8) is 0 Å². The lowest BCUT2D eigenvalue weighted by atomic mass is 10.1. The Morgan fingerprint density at radius 1 is 1.41 bits per heavy atom. The van der Waals surface area contributed by atoms with Crippen molar-refractivity contribution in [2.24, 2.45) is 5.73 Å². The number of benzene rings is 1. The van der Waals surface area contributed by atoms with E-state index >= 15 is 0 Å². The molecule has 0 fully saturated rings. The third-order valence-electron chi connectivity index (χ3n) is 2.77. The van der Waals surface area contributed by atoms with Crippen LogP contribution in [0, 0.1) is 0 Å². The van der Waals surface area contributed by atoms with Gasteiger partial charge in [-0.1, -0.05) is 24.3 Å². The van der Waals surface area contributed by atoms with E-state index in [4.69, 9.17) is 15.3 Å². The first-order valence-corrected chi connectivity index (χ1v) is 5.59. The molecule has 1 aromatic carbocycles. The molecule has 4 heteroatoms. The van der Waals surface area contributed by atoms with Crippen LogP contribution in [0.3, 0.4) is 0 Å². The van der Waals surface area contributed by atoms with Gasteiger partial charge in [-0.05, 0) is 6.42 Å². The molecule has 0 bridgehead atoms. The predicted octanol–water partition coefficient (Wildman–Crippen LogP) is 2.17. The molecule has 2 rings (SSSR count). The van der Waals surface area contributed by atoms with Crippen molar-refractivity contribution < 1.29 is 14.3 Å². The van der Waals surface area contributed by atoms with Crippen molar-refractivity contribution in [3.8, 4) is 0 Å². The summed E-state index contributed by atoms with van der Waals surface area (Å²) in [5.74, 6) is 0.0169. The van der Waals surface area contributed by atoms with Gasteiger partial charge < -0.3 is 15.3 Å². The molecule has 1 unspecified atom stereocenters. The topological polar surface area (TPSA) is 76.5 Å². The Labute approximate surface area is 99.0 Å². The first-order valence-electron chi connectivity index (χ1n) is 5.59. The summed E-state index contributed by atoms with van der Waals surface area (Å²) < 4.78 is 5.47. The fourth-order valence-corrected chi connectivity index (χ4v) is 1.89. The Balaban J connectivity index is 2.02. The number of hydrogen-bond acceptors (Lipinski definition) is 3. The zero-order valence-corrected chi connectivity index (χ0v) is 9.43. The largest absolute Gasteiger partial charge is 0.481 e. The monoisotopic (exact) mass is 233 g/mol. The molecular weight excluding hydrogens is 218 g/mol. The number of hydrogen-bond donors (Lipinski definition) is 2. The van der Waals surface area contributed by atoms with Crippen LogP contribution >= 0.6 is 0 Å². The minimum Gasteiger partial charge on any atom is -0.481 e. The molecule has 90 valence electrons. The van der Waals surface area contributed by atoms with E-state index < -0.39 is 5.97 Å². The number of nitrogens with two attached hydrogens (primary N) is 1. The minimum absolute atomic E-state index is 0.00135. The van der Waals surface area contributed by atoms with Crippen molar-refractivity contribution >= 4 is 16.7 Å². The number of aliphatic carboxylic acids is 1. The summed E-state index contributed by atoms with van der Waals surface area (Å²) in [5, 5.41) is 10.8. The third-order valence-corrected chi connectivity index (χ3v) is 2.77. The molecule has 0 saturated carbocycles. The molecule has 2 aromatic rings. The maximum absolute atomic E-state index is 10.5. The molecule has 0 aliphatic rings. The number of aryl methyl sites for hydroxylation is 1. The highest BCUT2D eigenvalue weighted by molar-refractivity contribution is 5.83. The lowest BCUT2D eigenvalue weighted by Crippen LogP contribution is -2.24. The molecular formula is C13H15NO3. The van der Waals surface area contributed by atoms with Crippen LogP contribution in [-0.4, -0.2) is 17.1 Å². The molecule has 1 heterocycles. The summed E-state index contributed by atoms with van der Waals surface area (Å²) in [6.07, 6.45) is 3.00. The van der Waals surface area contributed by atoms with Gasteiger partial charge in [-0.3, -0.25) is 4.79 Å². The second-order valence-corrected chi connectivity index (χ2v) is 4.14. The first kappa shape index (κ1) is 11.7. The van der Waals surface area contributed by atoms with Crippen molar-refractivity contribution in [1.82, 2.24) is 0 Å². The molecule has 1 aromatic heterocycles. The van der Waals surface area contributed by atoms with E-state index in [0.717, 1.165) is 16.5 Å². The average molecular weight is 233 g/mol. The normalized spacial score (nSPS) is 12.8. The third kappa shape index (κ3) is 2.85. The second-order valence-electron chi connectivity index (χ2n) is 4.14. The summed E-state index contributed by atoms with van der Waals surface area (Å²) in [6.45, 7) is 0. The van der Waals surface area contributed by atoms with Crippen LogP contribution in [-0.2, 0) is 11.2 Å². The van der Waals surface area contributed by atoms with Crippen molar-refractivity contribution in [2.75, 3.05) is 0 Å². The Kier molecular flexibility index (Phi) is 3.44. The van der Waals surface area contributed by atoms with E-state index in [1.54, 1.807) is 6.26 Å². The van der Waals surface area contributed by atoms with Gasteiger partial charge in [0.05, 0.1) is 12.7 Å². The number of fused-ring (bicyclic) bond motifs is 1. The van der Waals surface area contributed by atoms with Gasteiger partial charge in [0, 0.05) is 23.2 Å². The van der Waals surface area contributed by atoms with Gasteiger partial charge in [0.1, 0.15) is 5.76 Å². The van der Waals surface area contributed by atoms with Crippen LogP contribution in [0.25, 0.3) is 10.8 Å². The van der Waals surface area contributed by atoms with E-state index in [-0.39, 0.29) is 12.5 Å². The molecule has 3 N–H and O–H groups in total. The van der Waals surface area contributed by atoms with Crippen LogP contribution in [0.2, 0.25) is 0 Å². The minimum atomic E-state index is -0.859. The van der Waals surface area contributed by atoms with E-state index in [0.29, 0.717) is 12.8 Å². The lowest BCUT2D eigenvalue weighted by molar-refractivity contribution is -0.137. The van der Waals surface area contributed by atoms with Gasteiger partial charge in [-0.2, -0.15) is 0 Å². The molecule has 0 radical (unpaired) electrons. The fraction of sp³-hybridized carbons (Fsp3) is 0.308.